The first-order chi connectivity index (χ1) is 14.3. The number of benzene rings is 1. The van der Waals surface area contributed by atoms with E-state index in [4.69, 9.17) is 0 Å². The molecule has 1 aliphatic rings. The maximum Gasteiger partial charge on any atom is 0.243 e. The van der Waals surface area contributed by atoms with E-state index in [1.807, 2.05) is 19.1 Å². The Morgan fingerprint density at radius 1 is 1.17 bits per heavy atom. The molecule has 1 aliphatic heterocycles. The van der Waals surface area contributed by atoms with Gasteiger partial charge in [-0.3, -0.25) is 15.1 Å². The van der Waals surface area contributed by atoms with Crippen molar-refractivity contribution in [2.75, 3.05) is 25.0 Å². The van der Waals surface area contributed by atoms with Crippen LogP contribution in [0.4, 0.5) is 5.69 Å². The molecule has 0 saturated carbocycles. The van der Waals surface area contributed by atoms with Crippen LogP contribution in [0.3, 0.4) is 0 Å². The zero-order chi connectivity index (χ0) is 21.7. The molecule has 3 rings (SSSR count). The van der Waals surface area contributed by atoms with Gasteiger partial charge in [-0.05, 0) is 55.5 Å². The predicted molar refractivity (Wildman–Crippen MR) is 118 cm³/mol. The topological polar surface area (TPSA) is 91.4 Å². The van der Waals surface area contributed by atoms with Crippen molar-refractivity contribution in [3.8, 4) is 0 Å². The third-order valence-corrected chi connectivity index (χ3v) is 7.21. The van der Waals surface area contributed by atoms with Gasteiger partial charge < -0.3 is 5.32 Å². The minimum atomic E-state index is -3.52. The monoisotopic (exact) mass is 430 g/mol. The number of rotatable bonds is 8. The second-order valence-corrected chi connectivity index (χ2v) is 9.93. The van der Waals surface area contributed by atoms with Gasteiger partial charge >= 0.3 is 0 Å². The van der Waals surface area contributed by atoms with Crippen LogP contribution in [0.1, 0.15) is 44.0 Å². The highest BCUT2D eigenvalue weighted by atomic mass is 32.2. The number of anilines is 1. The van der Waals surface area contributed by atoms with E-state index in [0.29, 0.717) is 18.8 Å². The molecule has 1 aromatic heterocycles. The van der Waals surface area contributed by atoms with E-state index in [0.717, 1.165) is 24.1 Å². The van der Waals surface area contributed by atoms with Crippen LogP contribution in [-0.4, -0.2) is 43.2 Å². The number of amides is 1. The summed E-state index contributed by atoms with van der Waals surface area (Å²) in [6, 6.07) is 10.3. The van der Waals surface area contributed by atoms with Gasteiger partial charge in [0.2, 0.25) is 15.9 Å². The third-order valence-electron chi connectivity index (χ3n) is 5.31. The first kappa shape index (κ1) is 22.4. The van der Waals surface area contributed by atoms with Gasteiger partial charge in [-0.1, -0.05) is 26.0 Å². The van der Waals surface area contributed by atoms with Gasteiger partial charge in [-0.2, -0.15) is 4.31 Å². The first-order valence-corrected chi connectivity index (χ1v) is 11.8. The van der Waals surface area contributed by atoms with Crippen LogP contribution in [0, 0.1) is 12.8 Å². The molecule has 0 spiro atoms. The fourth-order valence-electron chi connectivity index (χ4n) is 3.69. The van der Waals surface area contributed by atoms with Gasteiger partial charge in [0, 0.05) is 25.0 Å². The Balaban J connectivity index is 1.65. The maximum atomic E-state index is 12.7. The number of aromatic nitrogens is 1. The van der Waals surface area contributed by atoms with Crippen LogP contribution in [0.2, 0.25) is 0 Å². The van der Waals surface area contributed by atoms with Crippen molar-refractivity contribution in [3.63, 3.8) is 0 Å². The molecule has 2 heterocycles. The first-order valence-electron chi connectivity index (χ1n) is 10.3. The minimum Gasteiger partial charge on any atom is -0.325 e. The van der Waals surface area contributed by atoms with Crippen LogP contribution >= 0.6 is 0 Å². The molecule has 1 amide bonds. The van der Waals surface area contributed by atoms with Crippen LogP contribution in [0.15, 0.2) is 47.5 Å². The van der Waals surface area contributed by atoms with Gasteiger partial charge in [0.25, 0.3) is 0 Å². The van der Waals surface area contributed by atoms with E-state index in [1.165, 1.54) is 10.4 Å². The van der Waals surface area contributed by atoms with Crippen molar-refractivity contribution in [2.24, 2.45) is 5.92 Å². The smallest absolute Gasteiger partial charge is 0.243 e. The standard InChI is InChI=1S/C22H30N4O3S/c1-16(2)21(22-17(3)8-7-11-23-22)24-15-20(27)25-18-9-6-10-19(14-18)30(28,29)26-12-4-5-13-26/h6-11,14,16,21,24H,4-5,12-13,15H2,1-3H3,(H,25,27). The summed E-state index contributed by atoms with van der Waals surface area (Å²) in [5.41, 5.74) is 2.47. The van der Waals surface area contributed by atoms with Crippen molar-refractivity contribution in [1.29, 1.82) is 0 Å². The number of sulfonamides is 1. The largest absolute Gasteiger partial charge is 0.325 e. The summed E-state index contributed by atoms with van der Waals surface area (Å²) >= 11 is 0. The molecular formula is C22H30N4O3S. The summed E-state index contributed by atoms with van der Waals surface area (Å²) < 4.78 is 27.0. The molecule has 0 bridgehead atoms. The molecule has 2 aromatic rings. The summed E-state index contributed by atoms with van der Waals surface area (Å²) in [6.07, 6.45) is 3.52. The Kier molecular flexibility index (Phi) is 7.23. The normalized spacial score (nSPS) is 16.0. The highest BCUT2D eigenvalue weighted by molar-refractivity contribution is 7.89. The van der Waals surface area contributed by atoms with Gasteiger partial charge in [0.15, 0.2) is 0 Å². The minimum absolute atomic E-state index is 0.0566. The molecule has 1 aromatic carbocycles. The highest BCUT2D eigenvalue weighted by Crippen LogP contribution is 2.24. The van der Waals surface area contributed by atoms with Gasteiger partial charge in [-0.25, -0.2) is 8.42 Å². The fraction of sp³-hybridized carbons (Fsp3) is 0.455. The van der Waals surface area contributed by atoms with Crippen LogP contribution in [0.5, 0.6) is 0 Å². The average molecular weight is 431 g/mol. The number of aryl methyl sites for hydroxylation is 1. The third kappa shape index (κ3) is 5.24. The second kappa shape index (κ2) is 9.68. The molecule has 1 fully saturated rings. The number of carbonyl (C=O) groups excluding carboxylic acids is 1. The predicted octanol–water partition coefficient (Wildman–Crippen LogP) is 3.10. The molecule has 162 valence electrons. The second-order valence-electron chi connectivity index (χ2n) is 8.00. The molecule has 8 heteroatoms. The average Bonchev–Trinajstić information content (AvgIpc) is 3.25. The van der Waals surface area contributed by atoms with Crippen LogP contribution in [0.25, 0.3) is 0 Å². The highest BCUT2D eigenvalue weighted by Gasteiger charge is 2.27. The molecule has 0 aliphatic carbocycles. The molecule has 1 unspecified atom stereocenters. The fourth-order valence-corrected chi connectivity index (χ4v) is 5.25. The number of hydrogen-bond donors (Lipinski definition) is 2. The summed E-state index contributed by atoms with van der Waals surface area (Å²) in [4.78, 5) is 17.2. The van der Waals surface area contributed by atoms with E-state index in [-0.39, 0.29) is 29.3 Å². The lowest BCUT2D eigenvalue weighted by atomic mass is 9.97. The van der Waals surface area contributed by atoms with Crippen LogP contribution in [-0.2, 0) is 14.8 Å². The lowest BCUT2D eigenvalue weighted by molar-refractivity contribution is -0.115. The molecule has 30 heavy (non-hydrogen) atoms. The number of pyridine rings is 1. The zero-order valence-electron chi connectivity index (χ0n) is 17.8. The van der Waals surface area contributed by atoms with E-state index < -0.39 is 10.0 Å². The Morgan fingerprint density at radius 2 is 1.90 bits per heavy atom. The summed E-state index contributed by atoms with van der Waals surface area (Å²) in [5, 5.41) is 6.09. The Labute approximate surface area is 178 Å². The zero-order valence-corrected chi connectivity index (χ0v) is 18.6. The van der Waals surface area contributed by atoms with Gasteiger partial charge in [0.05, 0.1) is 23.2 Å². The molecule has 1 saturated heterocycles. The van der Waals surface area contributed by atoms with Crippen LogP contribution < -0.4 is 10.6 Å². The number of nitrogens with one attached hydrogen (secondary N) is 2. The molecular weight excluding hydrogens is 400 g/mol. The van der Waals surface area contributed by atoms with E-state index >= 15 is 0 Å². The van der Waals surface area contributed by atoms with Crippen molar-refractivity contribution < 1.29 is 13.2 Å². The van der Waals surface area contributed by atoms with E-state index in [2.05, 4.69) is 29.5 Å². The van der Waals surface area contributed by atoms with Crippen molar-refractivity contribution in [1.82, 2.24) is 14.6 Å². The lowest BCUT2D eigenvalue weighted by Crippen LogP contribution is -2.34. The Bertz CT molecular complexity index is 985. The molecule has 7 nitrogen and oxygen atoms in total. The van der Waals surface area contributed by atoms with Crippen molar-refractivity contribution >= 4 is 21.6 Å². The van der Waals surface area contributed by atoms with Crippen molar-refractivity contribution in [3.05, 3.63) is 53.9 Å². The summed E-state index contributed by atoms with van der Waals surface area (Å²) in [5.74, 6) is 0.0188. The van der Waals surface area contributed by atoms with E-state index in [1.54, 1.807) is 24.4 Å². The Morgan fingerprint density at radius 3 is 2.57 bits per heavy atom. The van der Waals surface area contributed by atoms with Gasteiger partial charge in [0.1, 0.15) is 0 Å². The number of hydrogen-bond acceptors (Lipinski definition) is 5. The molecule has 1 atom stereocenters. The Hall–Kier alpha value is -2.29. The molecule has 0 radical (unpaired) electrons. The molecule has 2 N–H and O–H groups in total. The summed E-state index contributed by atoms with van der Waals surface area (Å²) in [6.45, 7) is 7.36. The summed E-state index contributed by atoms with van der Waals surface area (Å²) in [7, 11) is -3.52. The van der Waals surface area contributed by atoms with E-state index in [9.17, 15) is 13.2 Å². The number of carbonyl (C=O) groups is 1. The van der Waals surface area contributed by atoms with Crippen molar-refractivity contribution in [2.45, 2.75) is 44.6 Å². The SMILES string of the molecule is Cc1cccnc1C(NCC(=O)Nc1cccc(S(=O)(=O)N2CCCC2)c1)C(C)C. The maximum absolute atomic E-state index is 12.7. The van der Waals surface area contributed by atoms with Gasteiger partial charge in [-0.15, -0.1) is 0 Å². The number of nitrogens with zero attached hydrogens (tertiary/aromatic N) is 2. The lowest BCUT2D eigenvalue weighted by Gasteiger charge is -2.23. The quantitative estimate of drug-likeness (QED) is 0.671.